The molecule has 1 aromatic carbocycles. The molecule has 0 aliphatic carbocycles. The van der Waals surface area contributed by atoms with E-state index in [-0.39, 0.29) is 0 Å². The van der Waals surface area contributed by atoms with Crippen molar-refractivity contribution in [1.82, 2.24) is 19.9 Å². The van der Waals surface area contributed by atoms with Crippen LogP contribution in [0, 0.1) is 0 Å². The molecule has 0 spiro atoms. The molecule has 1 atom stereocenters. The fraction of sp³-hybridized carbons (Fsp3) is 0.375. The largest absolute Gasteiger partial charge is 0.371 e. The summed E-state index contributed by atoms with van der Waals surface area (Å²) in [5, 5.41) is 4.59. The molecule has 1 unspecified atom stereocenters. The Kier molecular flexibility index (Phi) is 4.83. The summed E-state index contributed by atoms with van der Waals surface area (Å²) in [6.45, 7) is 4.29. The Morgan fingerprint density at radius 1 is 0.968 bits per heavy atom. The average Bonchev–Trinajstić information content (AvgIpc) is 3.60. The van der Waals surface area contributed by atoms with E-state index in [1.54, 1.807) is 6.33 Å². The Labute approximate surface area is 186 Å². The summed E-state index contributed by atoms with van der Waals surface area (Å²) in [4.78, 5) is 22.2. The smallest absolute Gasteiger partial charge is 0.142 e. The van der Waals surface area contributed by atoms with Crippen LogP contribution in [0.2, 0.25) is 0 Å². The first kappa shape index (κ1) is 18.8. The van der Waals surface area contributed by atoms with Crippen LogP contribution < -0.4 is 9.80 Å². The molecule has 2 aliphatic rings. The van der Waals surface area contributed by atoms with E-state index in [1.807, 2.05) is 17.5 Å². The number of fused-ring (bicyclic) bond motifs is 1. The lowest BCUT2D eigenvalue weighted by Crippen LogP contribution is -2.35. The Morgan fingerprint density at radius 2 is 1.84 bits per heavy atom. The third-order valence-corrected chi connectivity index (χ3v) is 7.56. The molecule has 4 aromatic rings. The highest BCUT2D eigenvalue weighted by Crippen LogP contribution is 2.37. The van der Waals surface area contributed by atoms with Crippen molar-refractivity contribution in [2.75, 3.05) is 36.0 Å². The Hall–Kier alpha value is -2.93. The standard InChI is InChI=1S/C24H26N6S/c1-2-8-21(29-11-3-4-12-29)18(7-1)20-15-31-24(28-20)17-6-5-13-30(14-17)23-19-9-10-25-22(19)26-16-27-23/h1-2,7-10,15-17H,3-6,11-14H2,(H,25,26,27). The minimum atomic E-state index is 0.440. The lowest BCUT2D eigenvalue weighted by molar-refractivity contribution is 0.506. The number of para-hydroxylation sites is 1. The third kappa shape index (κ3) is 3.47. The molecule has 0 saturated carbocycles. The molecule has 3 aromatic heterocycles. The first-order chi connectivity index (χ1) is 15.4. The zero-order valence-electron chi connectivity index (χ0n) is 17.5. The van der Waals surface area contributed by atoms with Gasteiger partial charge in [-0.1, -0.05) is 18.2 Å². The maximum Gasteiger partial charge on any atom is 0.142 e. The average molecular weight is 431 g/mol. The number of piperidine rings is 1. The zero-order chi connectivity index (χ0) is 20.6. The highest BCUT2D eigenvalue weighted by Gasteiger charge is 2.26. The number of rotatable bonds is 4. The van der Waals surface area contributed by atoms with Gasteiger partial charge >= 0.3 is 0 Å². The molecule has 0 amide bonds. The molecule has 31 heavy (non-hydrogen) atoms. The number of hydrogen-bond acceptors (Lipinski definition) is 6. The lowest BCUT2D eigenvalue weighted by atomic mass is 9.98. The fourth-order valence-corrected chi connectivity index (χ4v) is 5.95. The van der Waals surface area contributed by atoms with Crippen molar-refractivity contribution < 1.29 is 0 Å². The van der Waals surface area contributed by atoms with Crippen LogP contribution in [0.3, 0.4) is 0 Å². The second-order valence-corrected chi connectivity index (χ2v) is 9.39. The SMILES string of the molecule is c1ccc(N2CCCC2)c(-c2csc(C3CCCN(c4ncnc5[nH]ccc45)C3)n2)c1. The van der Waals surface area contributed by atoms with Gasteiger partial charge in [-0.2, -0.15) is 0 Å². The molecular formula is C24H26N6S. The van der Waals surface area contributed by atoms with E-state index in [0.29, 0.717) is 5.92 Å². The summed E-state index contributed by atoms with van der Waals surface area (Å²) in [6.07, 6.45) is 8.50. The molecule has 2 saturated heterocycles. The minimum Gasteiger partial charge on any atom is -0.371 e. The lowest BCUT2D eigenvalue weighted by Gasteiger charge is -2.32. The van der Waals surface area contributed by atoms with Crippen LogP contribution in [0.25, 0.3) is 22.3 Å². The summed E-state index contributed by atoms with van der Waals surface area (Å²) >= 11 is 1.81. The van der Waals surface area contributed by atoms with E-state index in [4.69, 9.17) is 4.98 Å². The molecule has 5 heterocycles. The van der Waals surface area contributed by atoms with Gasteiger partial charge in [-0.3, -0.25) is 0 Å². The molecule has 2 aliphatic heterocycles. The monoisotopic (exact) mass is 430 g/mol. The van der Waals surface area contributed by atoms with E-state index in [0.717, 1.165) is 55.1 Å². The quantitative estimate of drug-likeness (QED) is 0.490. The number of thiazole rings is 1. The molecule has 2 fully saturated rings. The second-order valence-electron chi connectivity index (χ2n) is 8.50. The predicted octanol–water partition coefficient (Wildman–Crippen LogP) is 5.07. The molecule has 0 bridgehead atoms. The first-order valence-electron chi connectivity index (χ1n) is 11.2. The van der Waals surface area contributed by atoms with Crippen molar-refractivity contribution in [2.24, 2.45) is 0 Å². The summed E-state index contributed by atoms with van der Waals surface area (Å²) in [5.74, 6) is 1.47. The maximum absolute atomic E-state index is 5.14. The van der Waals surface area contributed by atoms with Gasteiger partial charge in [0.15, 0.2) is 0 Å². The van der Waals surface area contributed by atoms with Gasteiger partial charge in [-0.15, -0.1) is 11.3 Å². The van der Waals surface area contributed by atoms with Gasteiger partial charge in [0.25, 0.3) is 0 Å². The minimum absolute atomic E-state index is 0.440. The number of aromatic nitrogens is 4. The van der Waals surface area contributed by atoms with E-state index < -0.39 is 0 Å². The van der Waals surface area contributed by atoms with Gasteiger partial charge in [-0.05, 0) is 37.8 Å². The molecule has 7 heteroatoms. The zero-order valence-corrected chi connectivity index (χ0v) is 18.3. The number of nitrogens with one attached hydrogen (secondary N) is 1. The van der Waals surface area contributed by atoms with Crippen LogP contribution >= 0.6 is 11.3 Å². The topological polar surface area (TPSA) is 60.9 Å². The Balaban J connectivity index is 1.27. The number of aromatic amines is 1. The van der Waals surface area contributed by atoms with Crippen molar-refractivity contribution in [3.05, 3.63) is 53.2 Å². The summed E-state index contributed by atoms with van der Waals surface area (Å²) < 4.78 is 0. The number of benzene rings is 1. The van der Waals surface area contributed by atoms with Crippen LogP contribution in [-0.2, 0) is 0 Å². The third-order valence-electron chi connectivity index (χ3n) is 6.55. The summed E-state index contributed by atoms with van der Waals surface area (Å²) in [7, 11) is 0. The molecule has 158 valence electrons. The van der Waals surface area contributed by atoms with E-state index in [1.165, 1.54) is 35.5 Å². The number of hydrogen-bond donors (Lipinski definition) is 1. The van der Waals surface area contributed by atoms with E-state index >= 15 is 0 Å². The van der Waals surface area contributed by atoms with Gasteiger partial charge in [0.2, 0.25) is 0 Å². The number of anilines is 2. The van der Waals surface area contributed by atoms with Crippen LogP contribution in [0.5, 0.6) is 0 Å². The van der Waals surface area contributed by atoms with Gasteiger partial charge in [-0.25, -0.2) is 15.0 Å². The Bertz CT molecular complexity index is 1190. The Morgan fingerprint density at radius 3 is 2.77 bits per heavy atom. The number of H-pyrrole nitrogens is 1. The number of nitrogens with zero attached hydrogens (tertiary/aromatic N) is 5. The summed E-state index contributed by atoms with van der Waals surface area (Å²) in [6, 6.07) is 10.8. The normalized spacial score (nSPS) is 19.4. The van der Waals surface area contributed by atoms with Gasteiger partial charge in [0, 0.05) is 54.9 Å². The highest BCUT2D eigenvalue weighted by atomic mass is 32.1. The maximum atomic E-state index is 5.14. The van der Waals surface area contributed by atoms with Crippen LogP contribution in [0.15, 0.2) is 48.2 Å². The molecule has 6 rings (SSSR count). The van der Waals surface area contributed by atoms with Crippen molar-refractivity contribution in [3.63, 3.8) is 0 Å². The van der Waals surface area contributed by atoms with Crippen molar-refractivity contribution in [1.29, 1.82) is 0 Å². The van der Waals surface area contributed by atoms with Gasteiger partial charge in [0.05, 0.1) is 16.1 Å². The van der Waals surface area contributed by atoms with Crippen LogP contribution in [0.4, 0.5) is 11.5 Å². The fourth-order valence-electron chi connectivity index (χ4n) is 5.00. The van der Waals surface area contributed by atoms with Crippen molar-refractivity contribution in [3.8, 4) is 11.3 Å². The van der Waals surface area contributed by atoms with Crippen LogP contribution in [0.1, 0.15) is 36.6 Å². The summed E-state index contributed by atoms with van der Waals surface area (Å²) in [5.41, 5.74) is 4.62. The predicted molar refractivity (Wildman–Crippen MR) is 127 cm³/mol. The van der Waals surface area contributed by atoms with E-state index in [2.05, 4.69) is 60.5 Å². The molecule has 6 nitrogen and oxygen atoms in total. The molecule has 0 radical (unpaired) electrons. The van der Waals surface area contributed by atoms with Crippen LogP contribution in [-0.4, -0.2) is 46.1 Å². The molecular weight excluding hydrogens is 404 g/mol. The van der Waals surface area contributed by atoms with Gasteiger partial charge in [0.1, 0.15) is 17.8 Å². The van der Waals surface area contributed by atoms with Gasteiger partial charge < -0.3 is 14.8 Å². The first-order valence-corrected chi connectivity index (χ1v) is 12.1. The van der Waals surface area contributed by atoms with E-state index in [9.17, 15) is 0 Å². The van der Waals surface area contributed by atoms with Crippen molar-refractivity contribution >= 4 is 33.9 Å². The van der Waals surface area contributed by atoms with Crippen molar-refractivity contribution in [2.45, 2.75) is 31.6 Å². The molecule has 1 N–H and O–H groups in total. The highest BCUT2D eigenvalue weighted by molar-refractivity contribution is 7.10. The second kappa shape index (κ2) is 7.96.